The number of nitro groups is 1. The summed E-state index contributed by atoms with van der Waals surface area (Å²) >= 11 is 11.8. The van der Waals surface area contributed by atoms with Gasteiger partial charge in [0.15, 0.2) is 0 Å². The molecular weight excluding hydrogens is 405 g/mol. The zero-order valence-electron chi connectivity index (χ0n) is 13.3. The van der Waals surface area contributed by atoms with E-state index < -0.39 is 27.4 Å². The van der Waals surface area contributed by atoms with E-state index in [1.807, 2.05) is 0 Å². The zero-order valence-corrected chi connectivity index (χ0v) is 15.7. The van der Waals surface area contributed by atoms with Crippen LogP contribution in [0.15, 0.2) is 42.5 Å². The predicted octanol–water partition coefficient (Wildman–Crippen LogP) is 3.31. The molecule has 26 heavy (non-hydrogen) atoms. The summed E-state index contributed by atoms with van der Waals surface area (Å²) in [5.41, 5.74) is -0.0832. The molecular formula is C15H13Cl2N3O5S. The van der Waals surface area contributed by atoms with E-state index >= 15 is 0 Å². The molecule has 0 fully saturated rings. The van der Waals surface area contributed by atoms with Crippen LogP contribution in [0.3, 0.4) is 0 Å². The van der Waals surface area contributed by atoms with E-state index in [2.05, 4.69) is 5.32 Å². The van der Waals surface area contributed by atoms with Crippen molar-refractivity contribution < 1.29 is 18.1 Å². The largest absolute Gasteiger partial charge is 0.323 e. The third-order valence-electron chi connectivity index (χ3n) is 3.22. The summed E-state index contributed by atoms with van der Waals surface area (Å²) in [6, 6.07) is 9.40. The summed E-state index contributed by atoms with van der Waals surface area (Å²) in [7, 11) is -3.88. The lowest BCUT2D eigenvalue weighted by molar-refractivity contribution is -0.384. The van der Waals surface area contributed by atoms with Crippen molar-refractivity contribution in [1.29, 1.82) is 0 Å². The molecule has 11 heteroatoms. The van der Waals surface area contributed by atoms with Crippen LogP contribution in [0.25, 0.3) is 0 Å². The quantitative estimate of drug-likeness (QED) is 0.572. The minimum Gasteiger partial charge on any atom is -0.323 e. The second-order valence-corrected chi connectivity index (χ2v) is 7.97. The van der Waals surface area contributed by atoms with Crippen molar-refractivity contribution >= 4 is 56.2 Å². The Morgan fingerprint density at radius 3 is 2.54 bits per heavy atom. The van der Waals surface area contributed by atoms with E-state index in [0.717, 1.165) is 16.6 Å². The highest BCUT2D eigenvalue weighted by atomic mass is 35.5. The lowest BCUT2D eigenvalue weighted by Crippen LogP contribution is -2.37. The molecule has 0 saturated carbocycles. The van der Waals surface area contributed by atoms with Gasteiger partial charge in [0.1, 0.15) is 6.54 Å². The van der Waals surface area contributed by atoms with Crippen LogP contribution in [0.4, 0.5) is 17.1 Å². The van der Waals surface area contributed by atoms with Crippen LogP contribution in [0.5, 0.6) is 0 Å². The maximum Gasteiger partial charge on any atom is 0.271 e. The van der Waals surface area contributed by atoms with Gasteiger partial charge in [-0.25, -0.2) is 8.42 Å². The van der Waals surface area contributed by atoms with Crippen LogP contribution < -0.4 is 9.62 Å². The lowest BCUT2D eigenvalue weighted by atomic mass is 10.3. The number of rotatable bonds is 6. The minimum atomic E-state index is -3.88. The third kappa shape index (κ3) is 5.07. The molecule has 0 bridgehead atoms. The Morgan fingerprint density at radius 1 is 1.23 bits per heavy atom. The highest BCUT2D eigenvalue weighted by Gasteiger charge is 2.23. The standard InChI is InChI=1S/C15H13Cl2N3O5S/c1-26(24,25)19(11-3-2-4-12(8-11)20(22)23)9-15(21)18-14-7-10(16)5-6-13(14)17/h2-8H,9H2,1H3,(H,18,21). The highest BCUT2D eigenvalue weighted by molar-refractivity contribution is 7.92. The van der Waals surface area contributed by atoms with E-state index in [1.165, 1.54) is 36.4 Å². The number of sulfonamides is 1. The summed E-state index contributed by atoms with van der Waals surface area (Å²) in [6.45, 7) is -0.594. The number of hydrogen-bond donors (Lipinski definition) is 1. The van der Waals surface area contributed by atoms with Gasteiger partial charge in [-0.1, -0.05) is 29.3 Å². The molecule has 1 amide bonds. The summed E-state index contributed by atoms with van der Waals surface area (Å²) in [4.78, 5) is 22.5. The van der Waals surface area contributed by atoms with Crippen molar-refractivity contribution in [3.05, 3.63) is 62.6 Å². The van der Waals surface area contributed by atoms with Gasteiger partial charge in [-0.2, -0.15) is 0 Å². The number of nitro benzene ring substituents is 1. The molecule has 1 N–H and O–H groups in total. The van der Waals surface area contributed by atoms with Crippen molar-refractivity contribution in [2.24, 2.45) is 0 Å². The molecule has 0 aliphatic heterocycles. The Kier molecular flexibility index (Phi) is 6.06. The molecule has 0 aliphatic carbocycles. The monoisotopic (exact) mass is 417 g/mol. The average Bonchev–Trinajstić information content (AvgIpc) is 2.55. The Labute approximate surface area is 159 Å². The van der Waals surface area contributed by atoms with E-state index in [1.54, 1.807) is 0 Å². The Hall–Kier alpha value is -2.36. The topological polar surface area (TPSA) is 110 Å². The number of halogens is 2. The maximum atomic E-state index is 12.3. The first-order chi connectivity index (χ1) is 12.1. The molecule has 0 spiro atoms. The van der Waals surface area contributed by atoms with Crippen molar-refractivity contribution in [2.45, 2.75) is 0 Å². The number of non-ortho nitro benzene ring substituents is 1. The summed E-state index contributed by atoms with van der Waals surface area (Å²) in [5, 5.41) is 13.9. The van der Waals surface area contributed by atoms with E-state index in [9.17, 15) is 23.3 Å². The number of carbonyl (C=O) groups excluding carboxylic acids is 1. The van der Waals surface area contributed by atoms with Gasteiger partial charge in [-0.15, -0.1) is 0 Å². The van der Waals surface area contributed by atoms with Crippen molar-refractivity contribution in [1.82, 2.24) is 0 Å². The maximum absolute atomic E-state index is 12.3. The smallest absolute Gasteiger partial charge is 0.271 e. The van der Waals surface area contributed by atoms with Gasteiger partial charge in [0.25, 0.3) is 5.69 Å². The molecule has 0 unspecified atom stereocenters. The molecule has 0 atom stereocenters. The van der Waals surface area contributed by atoms with E-state index in [0.29, 0.717) is 5.02 Å². The van der Waals surface area contributed by atoms with Crippen LogP contribution in [-0.4, -0.2) is 32.0 Å². The highest BCUT2D eigenvalue weighted by Crippen LogP contribution is 2.26. The number of anilines is 2. The molecule has 0 heterocycles. The fraction of sp³-hybridized carbons (Fsp3) is 0.133. The number of nitrogens with one attached hydrogen (secondary N) is 1. The van der Waals surface area contributed by atoms with Crippen LogP contribution in [0.2, 0.25) is 10.0 Å². The van der Waals surface area contributed by atoms with Gasteiger partial charge in [-0.05, 0) is 24.3 Å². The summed E-state index contributed by atoms with van der Waals surface area (Å²) in [6.07, 6.45) is 0.894. The van der Waals surface area contributed by atoms with Crippen molar-refractivity contribution in [3.63, 3.8) is 0 Å². The molecule has 138 valence electrons. The zero-order chi connectivity index (χ0) is 19.5. The minimum absolute atomic E-state index is 0.00552. The van der Waals surface area contributed by atoms with Crippen LogP contribution in [-0.2, 0) is 14.8 Å². The fourth-order valence-electron chi connectivity index (χ4n) is 2.08. The van der Waals surface area contributed by atoms with Crippen LogP contribution in [0, 0.1) is 10.1 Å². The number of benzene rings is 2. The summed E-state index contributed by atoms with van der Waals surface area (Å²) in [5.74, 6) is -0.689. The van der Waals surface area contributed by atoms with Gasteiger partial charge >= 0.3 is 0 Å². The van der Waals surface area contributed by atoms with Gasteiger partial charge < -0.3 is 5.32 Å². The number of amides is 1. The van der Waals surface area contributed by atoms with Gasteiger partial charge in [0.05, 0.1) is 27.6 Å². The first-order valence-electron chi connectivity index (χ1n) is 7.05. The Bertz CT molecular complexity index is 966. The van der Waals surface area contributed by atoms with Gasteiger partial charge in [0, 0.05) is 17.2 Å². The molecule has 2 rings (SSSR count). The number of hydrogen-bond acceptors (Lipinski definition) is 5. The second-order valence-electron chi connectivity index (χ2n) is 5.22. The van der Waals surface area contributed by atoms with Crippen LogP contribution >= 0.6 is 23.2 Å². The predicted molar refractivity (Wildman–Crippen MR) is 100 cm³/mol. The first-order valence-corrected chi connectivity index (χ1v) is 9.65. The summed E-state index contributed by atoms with van der Waals surface area (Å²) < 4.78 is 24.9. The lowest BCUT2D eigenvalue weighted by Gasteiger charge is -2.21. The van der Waals surface area contributed by atoms with Crippen LogP contribution in [0.1, 0.15) is 0 Å². The molecule has 8 nitrogen and oxygen atoms in total. The number of nitrogens with zero attached hydrogens (tertiary/aromatic N) is 2. The Morgan fingerprint density at radius 2 is 1.92 bits per heavy atom. The number of carbonyl (C=O) groups is 1. The molecule has 0 radical (unpaired) electrons. The second kappa shape index (κ2) is 7.90. The van der Waals surface area contributed by atoms with Crippen molar-refractivity contribution in [3.8, 4) is 0 Å². The molecule has 2 aromatic carbocycles. The molecule has 0 aromatic heterocycles. The third-order valence-corrected chi connectivity index (χ3v) is 4.92. The first kappa shape index (κ1) is 20.0. The SMILES string of the molecule is CS(=O)(=O)N(CC(=O)Nc1cc(Cl)ccc1Cl)c1cccc([N+](=O)[O-])c1. The van der Waals surface area contributed by atoms with Gasteiger partial charge in [-0.3, -0.25) is 19.2 Å². The van der Waals surface area contributed by atoms with E-state index in [-0.39, 0.29) is 22.1 Å². The molecule has 0 aliphatic rings. The van der Waals surface area contributed by atoms with E-state index in [4.69, 9.17) is 23.2 Å². The average molecular weight is 418 g/mol. The normalized spacial score (nSPS) is 11.0. The van der Waals surface area contributed by atoms with Gasteiger partial charge in [0.2, 0.25) is 15.9 Å². The molecule has 2 aromatic rings. The Balaban J connectivity index is 2.29. The van der Waals surface area contributed by atoms with Crippen molar-refractivity contribution in [2.75, 3.05) is 22.4 Å². The fourth-order valence-corrected chi connectivity index (χ4v) is 3.26. The molecule has 0 saturated heterocycles.